The van der Waals surface area contributed by atoms with Crippen molar-refractivity contribution in [2.75, 3.05) is 13.2 Å². The molecule has 1 aromatic carbocycles. The molecule has 0 saturated carbocycles. The maximum Gasteiger partial charge on any atom is 0.319 e. The molecular formula is C18H19NO5. The summed E-state index contributed by atoms with van der Waals surface area (Å²) in [5.41, 5.74) is 1.39. The molecule has 6 nitrogen and oxygen atoms in total. The van der Waals surface area contributed by atoms with Crippen molar-refractivity contribution < 1.29 is 23.9 Å². The Labute approximate surface area is 139 Å². The summed E-state index contributed by atoms with van der Waals surface area (Å²) in [6.45, 7) is 3.85. The number of nitrogens with zero attached hydrogens (tertiary/aromatic N) is 1. The SMILES string of the molecule is CCOC(=O)CC1c2cc3ccccc3n2C(=O)C1C(=O)OCC. The summed E-state index contributed by atoms with van der Waals surface area (Å²) in [5, 5.41) is 0.900. The molecule has 0 radical (unpaired) electrons. The molecule has 2 aromatic rings. The quantitative estimate of drug-likeness (QED) is 0.622. The minimum absolute atomic E-state index is 0.0284. The van der Waals surface area contributed by atoms with Gasteiger partial charge in [0.25, 0.3) is 0 Å². The topological polar surface area (TPSA) is 74.6 Å². The van der Waals surface area contributed by atoms with Gasteiger partial charge in [-0.15, -0.1) is 0 Å². The maximum absolute atomic E-state index is 12.8. The largest absolute Gasteiger partial charge is 0.466 e. The fourth-order valence-electron chi connectivity index (χ4n) is 3.30. The van der Waals surface area contributed by atoms with Gasteiger partial charge in [-0.25, -0.2) is 0 Å². The lowest BCUT2D eigenvalue weighted by atomic mass is 9.89. The van der Waals surface area contributed by atoms with Gasteiger partial charge >= 0.3 is 11.9 Å². The molecule has 6 heteroatoms. The molecule has 2 unspecified atom stereocenters. The van der Waals surface area contributed by atoms with Crippen molar-refractivity contribution in [1.29, 1.82) is 0 Å². The minimum Gasteiger partial charge on any atom is -0.466 e. The minimum atomic E-state index is -1.01. The molecule has 1 aliphatic rings. The van der Waals surface area contributed by atoms with Gasteiger partial charge in [0.15, 0.2) is 0 Å². The average molecular weight is 329 g/mol. The number of hydrogen-bond acceptors (Lipinski definition) is 5. The normalized spacial score (nSPS) is 19.3. The lowest BCUT2D eigenvalue weighted by Crippen LogP contribution is -2.29. The lowest BCUT2D eigenvalue weighted by molar-refractivity contribution is -0.148. The van der Waals surface area contributed by atoms with Crippen LogP contribution in [0.25, 0.3) is 10.9 Å². The summed E-state index contributed by atoms with van der Waals surface area (Å²) >= 11 is 0. The van der Waals surface area contributed by atoms with Gasteiger partial charge in [-0.1, -0.05) is 18.2 Å². The summed E-state index contributed by atoms with van der Waals surface area (Å²) in [4.78, 5) is 37.1. The van der Waals surface area contributed by atoms with E-state index in [9.17, 15) is 14.4 Å². The van der Waals surface area contributed by atoms with Crippen LogP contribution in [0.5, 0.6) is 0 Å². The van der Waals surface area contributed by atoms with E-state index >= 15 is 0 Å². The van der Waals surface area contributed by atoms with Crippen LogP contribution in [0.4, 0.5) is 0 Å². The summed E-state index contributed by atoms with van der Waals surface area (Å²) in [7, 11) is 0. The van der Waals surface area contributed by atoms with E-state index in [0.717, 1.165) is 10.9 Å². The van der Waals surface area contributed by atoms with Crippen molar-refractivity contribution in [2.45, 2.75) is 26.2 Å². The average Bonchev–Trinajstić information content (AvgIpc) is 3.04. The smallest absolute Gasteiger partial charge is 0.319 e. The van der Waals surface area contributed by atoms with Crippen molar-refractivity contribution in [2.24, 2.45) is 5.92 Å². The second-order valence-corrected chi connectivity index (χ2v) is 5.65. The fourth-order valence-corrected chi connectivity index (χ4v) is 3.30. The van der Waals surface area contributed by atoms with E-state index in [0.29, 0.717) is 5.69 Å². The number of fused-ring (bicyclic) bond motifs is 3. The van der Waals surface area contributed by atoms with Gasteiger partial charge in [0.1, 0.15) is 5.92 Å². The van der Waals surface area contributed by atoms with E-state index in [1.807, 2.05) is 30.3 Å². The first-order valence-corrected chi connectivity index (χ1v) is 8.05. The molecule has 2 heterocycles. The van der Waals surface area contributed by atoms with E-state index in [-0.39, 0.29) is 25.5 Å². The number of rotatable bonds is 5. The summed E-state index contributed by atoms with van der Waals surface area (Å²) in [6, 6.07) is 9.30. The molecule has 0 spiro atoms. The van der Waals surface area contributed by atoms with Crippen LogP contribution in [0, 0.1) is 5.92 Å². The van der Waals surface area contributed by atoms with E-state index in [1.165, 1.54) is 4.57 Å². The van der Waals surface area contributed by atoms with E-state index in [1.54, 1.807) is 13.8 Å². The first kappa shape index (κ1) is 16.2. The van der Waals surface area contributed by atoms with Gasteiger partial charge in [-0.3, -0.25) is 19.0 Å². The van der Waals surface area contributed by atoms with Crippen molar-refractivity contribution in [3.8, 4) is 0 Å². The first-order valence-electron chi connectivity index (χ1n) is 8.05. The van der Waals surface area contributed by atoms with Crippen molar-refractivity contribution in [3.63, 3.8) is 0 Å². The van der Waals surface area contributed by atoms with Gasteiger partial charge in [0.05, 0.1) is 25.2 Å². The van der Waals surface area contributed by atoms with Crippen LogP contribution >= 0.6 is 0 Å². The van der Waals surface area contributed by atoms with Crippen LogP contribution in [0.15, 0.2) is 30.3 Å². The third-order valence-electron chi connectivity index (χ3n) is 4.24. The highest BCUT2D eigenvalue weighted by molar-refractivity contribution is 6.07. The predicted octanol–water partition coefficient (Wildman–Crippen LogP) is 2.51. The Hall–Kier alpha value is -2.63. The number of hydrogen-bond donors (Lipinski definition) is 0. The maximum atomic E-state index is 12.8. The number of benzene rings is 1. The molecule has 0 fully saturated rings. The van der Waals surface area contributed by atoms with Crippen LogP contribution in [-0.4, -0.2) is 35.6 Å². The third kappa shape index (κ3) is 2.58. The van der Waals surface area contributed by atoms with E-state index in [2.05, 4.69) is 0 Å². The molecule has 0 amide bonds. The molecule has 0 N–H and O–H groups in total. The number of ether oxygens (including phenoxy) is 2. The summed E-state index contributed by atoms with van der Waals surface area (Å²) in [6.07, 6.45) is -0.0284. The first-order chi connectivity index (χ1) is 11.6. The van der Waals surface area contributed by atoms with Crippen LogP contribution in [0.3, 0.4) is 0 Å². The number of esters is 2. The Morgan fingerprint density at radius 1 is 1.12 bits per heavy atom. The second-order valence-electron chi connectivity index (χ2n) is 5.65. The standard InChI is InChI=1S/C18H19NO5/c1-3-23-15(20)10-12-14-9-11-7-5-6-8-13(11)19(14)17(21)16(12)18(22)24-4-2/h5-9,12,16H,3-4,10H2,1-2H3. The van der Waals surface area contributed by atoms with Crippen LogP contribution in [0.1, 0.15) is 36.7 Å². The van der Waals surface area contributed by atoms with Crippen molar-refractivity contribution >= 4 is 28.7 Å². The highest BCUT2D eigenvalue weighted by Gasteiger charge is 2.47. The zero-order chi connectivity index (χ0) is 17.3. The molecule has 0 saturated heterocycles. The second kappa shape index (κ2) is 6.47. The number of carbonyl (C=O) groups excluding carboxylic acids is 3. The summed E-state index contributed by atoms with van der Waals surface area (Å²) in [5.74, 6) is -2.94. The molecule has 1 aromatic heterocycles. The van der Waals surface area contributed by atoms with Gasteiger partial charge in [0.2, 0.25) is 5.91 Å². The Balaban J connectivity index is 2.05. The summed E-state index contributed by atoms with van der Waals surface area (Å²) < 4.78 is 11.6. The van der Waals surface area contributed by atoms with E-state index in [4.69, 9.17) is 9.47 Å². The molecule has 1 aliphatic heterocycles. The lowest BCUT2D eigenvalue weighted by Gasteiger charge is -2.15. The monoisotopic (exact) mass is 329 g/mol. The molecule has 0 bridgehead atoms. The Kier molecular flexibility index (Phi) is 4.38. The third-order valence-corrected chi connectivity index (χ3v) is 4.24. The number of carbonyl (C=O) groups is 3. The van der Waals surface area contributed by atoms with Crippen LogP contribution in [0.2, 0.25) is 0 Å². The molecule has 2 atom stereocenters. The molecular weight excluding hydrogens is 310 g/mol. The van der Waals surface area contributed by atoms with Gasteiger partial charge in [-0.2, -0.15) is 0 Å². The Bertz CT molecular complexity index is 807. The molecule has 0 aliphatic carbocycles. The highest BCUT2D eigenvalue weighted by Crippen LogP contribution is 2.41. The van der Waals surface area contributed by atoms with Gasteiger partial charge in [0, 0.05) is 17.0 Å². The Morgan fingerprint density at radius 2 is 1.83 bits per heavy atom. The van der Waals surface area contributed by atoms with Crippen LogP contribution < -0.4 is 0 Å². The van der Waals surface area contributed by atoms with Gasteiger partial charge in [-0.05, 0) is 26.0 Å². The molecule has 24 heavy (non-hydrogen) atoms. The zero-order valence-corrected chi connectivity index (χ0v) is 13.7. The molecule has 3 rings (SSSR count). The number of aromatic nitrogens is 1. The molecule has 126 valence electrons. The highest BCUT2D eigenvalue weighted by atomic mass is 16.5. The van der Waals surface area contributed by atoms with Crippen molar-refractivity contribution in [3.05, 3.63) is 36.0 Å². The van der Waals surface area contributed by atoms with E-state index < -0.39 is 23.8 Å². The number of para-hydroxylation sites is 1. The zero-order valence-electron chi connectivity index (χ0n) is 13.7. The Morgan fingerprint density at radius 3 is 2.54 bits per heavy atom. The van der Waals surface area contributed by atoms with Crippen LogP contribution in [-0.2, 0) is 19.1 Å². The van der Waals surface area contributed by atoms with Gasteiger partial charge < -0.3 is 9.47 Å². The predicted molar refractivity (Wildman–Crippen MR) is 86.7 cm³/mol. The fraction of sp³-hybridized carbons (Fsp3) is 0.389. The van der Waals surface area contributed by atoms with Crippen molar-refractivity contribution in [1.82, 2.24) is 4.57 Å².